The molecule has 0 aliphatic heterocycles. The molecule has 106 valence electrons. The molecule has 2 nitrogen and oxygen atoms in total. The molecule has 1 saturated carbocycles. The van der Waals surface area contributed by atoms with Gasteiger partial charge in [-0.15, -0.1) is 0 Å². The maximum atomic E-state index is 10.6. The van der Waals surface area contributed by atoms with Gasteiger partial charge in [-0.2, -0.15) is 0 Å². The molecule has 1 unspecified atom stereocenters. The van der Waals surface area contributed by atoms with E-state index in [1.807, 2.05) is 0 Å². The maximum Gasteiger partial charge on any atom is 0.108 e. The second-order valence-electron chi connectivity index (χ2n) is 5.67. The molecule has 1 atom stereocenters. The Morgan fingerprint density at radius 2 is 1.79 bits per heavy atom. The van der Waals surface area contributed by atoms with Gasteiger partial charge in [0.1, 0.15) is 6.10 Å². The lowest BCUT2D eigenvalue weighted by Gasteiger charge is -2.35. The number of rotatable bonds is 6. The summed E-state index contributed by atoms with van der Waals surface area (Å²) >= 11 is 0. The van der Waals surface area contributed by atoms with E-state index in [0.29, 0.717) is 0 Å². The SMILES string of the molecule is CCC(CC)(OC)C(O)c1ccc(C2CCC2)cc1. The van der Waals surface area contributed by atoms with Crippen LogP contribution in [0.15, 0.2) is 24.3 Å². The Morgan fingerprint density at radius 3 is 2.16 bits per heavy atom. The lowest BCUT2D eigenvalue weighted by atomic mass is 9.79. The van der Waals surface area contributed by atoms with Crippen molar-refractivity contribution in [3.05, 3.63) is 35.4 Å². The molecule has 0 amide bonds. The summed E-state index contributed by atoms with van der Waals surface area (Å²) in [5.41, 5.74) is 1.92. The monoisotopic (exact) mass is 262 g/mol. The van der Waals surface area contributed by atoms with E-state index in [0.717, 1.165) is 24.3 Å². The van der Waals surface area contributed by atoms with Crippen molar-refractivity contribution in [2.45, 2.75) is 63.6 Å². The molecule has 0 bridgehead atoms. The van der Waals surface area contributed by atoms with Crippen LogP contribution in [0.25, 0.3) is 0 Å². The molecule has 1 aliphatic carbocycles. The van der Waals surface area contributed by atoms with Gasteiger partial charge in [0.05, 0.1) is 5.60 Å². The summed E-state index contributed by atoms with van der Waals surface area (Å²) in [5.74, 6) is 0.746. The maximum absolute atomic E-state index is 10.6. The highest BCUT2D eigenvalue weighted by atomic mass is 16.5. The Bertz CT molecular complexity index is 380. The van der Waals surface area contributed by atoms with Crippen LogP contribution in [0, 0.1) is 0 Å². The summed E-state index contributed by atoms with van der Waals surface area (Å²) in [7, 11) is 1.69. The van der Waals surface area contributed by atoms with Crippen LogP contribution >= 0.6 is 0 Å². The van der Waals surface area contributed by atoms with Gasteiger partial charge in [-0.1, -0.05) is 44.5 Å². The van der Waals surface area contributed by atoms with Crippen LogP contribution in [-0.4, -0.2) is 17.8 Å². The first-order valence-corrected chi connectivity index (χ1v) is 7.50. The predicted octanol–water partition coefficient (Wildman–Crippen LogP) is 4.19. The summed E-state index contributed by atoms with van der Waals surface area (Å²) in [4.78, 5) is 0. The molecular weight excluding hydrogens is 236 g/mol. The van der Waals surface area contributed by atoms with Crippen molar-refractivity contribution in [3.63, 3.8) is 0 Å². The molecule has 2 heteroatoms. The normalized spacial score (nSPS) is 18.1. The lowest BCUT2D eigenvalue weighted by molar-refractivity contribution is -0.109. The fraction of sp³-hybridized carbons (Fsp3) is 0.647. The van der Waals surface area contributed by atoms with Gasteiger partial charge in [-0.25, -0.2) is 0 Å². The predicted molar refractivity (Wildman–Crippen MR) is 78.3 cm³/mol. The average molecular weight is 262 g/mol. The van der Waals surface area contributed by atoms with Gasteiger partial charge < -0.3 is 9.84 Å². The first-order chi connectivity index (χ1) is 9.16. The van der Waals surface area contributed by atoms with E-state index in [-0.39, 0.29) is 0 Å². The standard InChI is InChI=1S/C17H26O2/c1-4-17(5-2,19-3)16(18)15-11-9-14(10-12-15)13-7-6-8-13/h9-13,16,18H,4-8H2,1-3H3. The minimum Gasteiger partial charge on any atom is -0.385 e. The third kappa shape index (κ3) is 2.70. The Balaban J connectivity index is 2.16. The van der Waals surface area contributed by atoms with E-state index in [9.17, 15) is 5.11 Å². The molecule has 1 aromatic rings. The fourth-order valence-electron chi connectivity index (χ4n) is 3.03. The number of methoxy groups -OCH3 is 1. The molecule has 1 N–H and O–H groups in total. The topological polar surface area (TPSA) is 29.5 Å². The van der Waals surface area contributed by atoms with Crippen LogP contribution in [-0.2, 0) is 4.74 Å². The number of hydrogen-bond donors (Lipinski definition) is 1. The van der Waals surface area contributed by atoms with E-state index in [1.54, 1.807) is 7.11 Å². The summed E-state index contributed by atoms with van der Waals surface area (Å²) in [5, 5.41) is 10.6. The van der Waals surface area contributed by atoms with Crippen molar-refractivity contribution in [1.29, 1.82) is 0 Å². The first kappa shape index (κ1) is 14.5. The molecule has 1 aliphatic rings. The Labute approximate surface area is 116 Å². The van der Waals surface area contributed by atoms with E-state index in [2.05, 4.69) is 38.1 Å². The van der Waals surface area contributed by atoms with Gasteiger partial charge >= 0.3 is 0 Å². The van der Waals surface area contributed by atoms with Crippen LogP contribution < -0.4 is 0 Å². The van der Waals surface area contributed by atoms with Gasteiger partial charge in [-0.3, -0.25) is 0 Å². The van der Waals surface area contributed by atoms with Crippen molar-refractivity contribution in [2.75, 3.05) is 7.11 Å². The minimum absolute atomic E-state index is 0.460. The third-order valence-electron chi connectivity index (χ3n) is 4.93. The van der Waals surface area contributed by atoms with Crippen molar-refractivity contribution < 1.29 is 9.84 Å². The highest BCUT2D eigenvalue weighted by Gasteiger charge is 2.35. The second-order valence-corrected chi connectivity index (χ2v) is 5.67. The summed E-state index contributed by atoms with van der Waals surface area (Å²) in [6, 6.07) is 8.48. The molecule has 1 fully saturated rings. The summed E-state index contributed by atoms with van der Waals surface area (Å²) in [6.45, 7) is 4.14. The zero-order chi connectivity index (χ0) is 13.9. The highest BCUT2D eigenvalue weighted by molar-refractivity contribution is 5.29. The molecule has 19 heavy (non-hydrogen) atoms. The Morgan fingerprint density at radius 1 is 1.21 bits per heavy atom. The van der Waals surface area contributed by atoms with Crippen molar-refractivity contribution in [2.24, 2.45) is 0 Å². The molecule has 0 radical (unpaired) electrons. The molecule has 1 aromatic carbocycles. The fourth-order valence-corrected chi connectivity index (χ4v) is 3.03. The van der Waals surface area contributed by atoms with Gasteiger partial charge in [0.25, 0.3) is 0 Å². The quantitative estimate of drug-likeness (QED) is 0.833. The number of benzene rings is 1. The largest absolute Gasteiger partial charge is 0.385 e. The van der Waals surface area contributed by atoms with E-state index in [4.69, 9.17) is 4.74 Å². The summed E-state index contributed by atoms with van der Waals surface area (Å²) < 4.78 is 5.61. The molecule has 0 spiro atoms. The number of aliphatic hydroxyl groups is 1. The zero-order valence-corrected chi connectivity index (χ0v) is 12.4. The van der Waals surface area contributed by atoms with Crippen molar-refractivity contribution >= 4 is 0 Å². The molecular formula is C17H26O2. The average Bonchev–Trinajstić information content (AvgIpc) is 2.40. The smallest absolute Gasteiger partial charge is 0.108 e. The van der Waals surface area contributed by atoms with Crippen LogP contribution in [0.1, 0.15) is 69.1 Å². The van der Waals surface area contributed by atoms with Crippen molar-refractivity contribution in [3.8, 4) is 0 Å². The number of hydrogen-bond acceptors (Lipinski definition) is 2. The zero-order valence-electron chi connectivity index (χ0n) is 12.4. The molecule has 2 rings (SSSR count). The van der Waals surface area contributed by atoms with Gasteiger partial charge in [-0.05, 0) is 42.7 Å². The van der Waals surface area contributed by atoms with Crippen LogP contribution in [0.5, 0.6) is 0 Å². The summed E-state index contributed by atoms with van der Waals surface area (Å²) in [6.07, 6.45) is 5.05. The van der Waals surface area contributed by atoms with Crippen LogP contribution in [0.3, 0.4) is 0 Å². The van der Waals surface area contributed by atoms with Crippen LogP contribution in [0.4, 0.5) is 0 Å². The Hall–Kier alpha value is -0.860. The lowest BCUT2D eigenvalue weighted by Crippen LogP contribution is -2.37. The van der Waals surface area contributed by atoms with Crippen LogP contribution in [0.2, 0.25) is 0 Å². The van der Waals surface area contributed by atoms with Gasteiger partial charge in [0, 0.05) is 7.11 Å². The number of aliphatic hydroxyl groups excluding tert-OH is 1. The van der Waals surface area contributed by atoms with E-state index in [1.165, 1.54) is 24.8 Å². The Kier molecular flexibility index (Phi) is 4.64. The number of ether oxygens (including phenoxy) is 1. The molecule has 0 heterocycles. The minimum atomic E-state index is -0.553. The third-order valence-corrected chi connectivity index (χ3v) is 4.93. The first-order valence-electron chi connectivity index (χ1n) is 7.50. The molecule has 0 saturated heterocycles. The highest BCUT2D eigenvalue weighted by Crippen LogP contribution is 2.38. The molecule has 0 aromatic heterocycles. The van der Waals surface area contributed by atoms with Gasteiger partial charge in [0.2, 0.25) is 0 Å². The van der Waals surface area contributed by atoms with E-state index >= 15 is 0 Å². The second kappa shape index (κ2) is 6.06. The van der Waals surface area contributed by atoms with Gasteiger partial charge in [0.15, 0.2) is 0 Å². The van der Waals surface area contributed by atoms with E-state index < -0.39 is 11.7 Å². The van der Waals surface area contributed by atoms with Crippen molar-refractivity contribution in [1.82, 2.24) is 0 Å².